The van der Waals surface area contributed by atoms with Gasteiger partial charge < -0.3 is 0 Å². The highest BCUT2D eigenvalue weighted by molar-refractivity contribution is 5.24. The quantitative estimate of drug-likeness (QED) is 0.558. The Kier molecular flexibility index (Phi) is 2.74. The third-order valence-electron chi connectivity index (χ3n) is 1.78. The zero-order valence-corrected chi connectivity index (χ0v) is 6.67. The fraction of sp³-hybridized carbons (Fsp3) is 0.273. The first-order valence-electron chi connectivity index (χ1n) is 3.85. The first-order valence-corrected chi connectivity index (χ1v) is 3.85. The van der Waals surface area contributed by atoms with E-state index in [2.05, 4.69) is 12.8 Å². The highest BCUT2D eigenvalue weighted by Crippen LogP contribution is 2.16. The summed E-state index contributed by atoms with van der Waals surface area (Å²) in [5, 5.41) is 0. The molecular weight excluding hydrogens is 132 g/mol. The topological polar surface area (TPSA) is 0 Å². The van der Waals surface area contributed by atoms with E-state index in [1.165, 1.54) is 5.56 Å². The average molecular weight is 143 g/mol. The van der Waals surface area contributed by atoms with Gasteiger partial charge in [-0.3, -0.25) is 0 Å². The molecule has 1 aromatic carbocycles. The van der Waals surface area contributed by atoms with Gasteiger partial charge in [0.05, 0.1) is 0 Å². The molecule has 0 spiro atoms. The standard InChI is InChI=1S/C11H11/c1-3-10(4-2)11-8-6-5-7-9-11/h5-10H,3H2,1H3. The van der Waals surface area contributed by atoms with Gasteiger partial charge in [0.15, 0.2) is 0 Å². The Morgan fingerprint density at radius 1 is 1.36 bits per heavy atom. The second-order valence-corrected chi connectivity index (χ2v) is 2.52. The molecule has 0 bridgehead atoms. The van der Waals surface area contributed by atoms with Gasteiger partial charge in [0, 0.05) is 5.92 Å². The molecule has 0 saturated heterocycles. The van der Waals surface area contributed by atoms with E-state index in [-0.39, 0.29) is 5.92 Å². The van der Waals surface area contributed by atoms with Crippen LogP contribution in [0.4, 0.5) is 0 Å². The fourth-order valence-corrected chi connectivity index (χ4v) is 1.11. The third-order valence-corrected chi connectivity index (χ3v) is 1.78. The Morgan fingerprint density at radius 3 is 2.45 bits per heavy atom. The van der Waals surface area contributed by atoms with Crippen LogP contribution in [0.25, 0.3) is 0 Å². The molecule has 0 aliphatic rings. The van der Waals surface area contributed by atoms with Crippen molar-refractivity contribution in [3.8, 4) is 5.92 Å². The Balaban J connectivity index is 2.85. The summed E-state index contributed by atoms with van der Waals surface area (Å²) in [5.74, 6) is 2.70. The fourth-order valence-electron chi connectivity index (χ4n) is 1.11. The van der Waals surface area contributed by atoms with E-state index in [0.29, 0.717) is 0 Å². The van der Waals surface area contributed by atoms with Crippen molar-refractivity contribution in [2.75, 3.05) is 0 Å². The summed E-state index contributed by atoms with van der Waals surface area (Å²) in [6.07, 6.45) is 8.00. The first kappa shape index (κ1) is 7.88. The third kappa shape index (κ3) is 1.85. The minimum absolute atomic E-state index is 0.177. The van der Waals surface area contributed by atoms with Crippen LogP contribution >= 0.6 is 0 Å². The number of hydrogen-bond acceptors (Lipinski definition) is 0. The summed E-state index contributed by atoms with van der Waals surface area (Å²) in [5.41, 5.74) is 1.19. The van der Waals surface area contributed by atoms with E-state index in [1.54, 1.807) is 0 Å². The Morgan fingerprint density at radius 2 is 2.00 bits per heavy atom. The molecule has 1 rings (SSSR count). The molecule has 0 heteroatoms. The minimum atomic E-state index is 0.177. The van der Waals surface area contributed by atoms with E-state index >= 15 is 0 Å². The van der Waals surface area contributed by atoms with Gasteiger partial charge in [-0.15, -0.1) is 0 Å². The van der Waals surface area contributed by atoms with Crippen LogP contribution in [-0.4, -0.2) is 0 Å². The van der Waals surface area contributed by atoms with Crippen molar-refractivity contribution in [1.29, 1.82) is 0 Å². The molecule has 1 aromatic rings. The van der Waals surface area contributed by atoms with Crippen LogP contribution in [0.2, 0.25) is 0 Å². The summed E-state index contributed by atoms with van der Waals surface area (Å²) in [6, 6.07) is 10.1. The lowest BCUT2D eigenvalue weighted by molar-refractivity contribution is 0.829. The molecule has 1 radical (unpaired) electrons. The molecule has 0 aliphatic carbocycles. The lowest BCUT2D eigenvalue weighted by atomic mass is 9.98. The van der Waals surface area contributed by atoms with Crippen LogP contribution in [0.1, 0.15) is 24.8 Å². The minimum Gasteiger partial charge on any atom is -0.0809 e. The van der Waals surface area contributed by atoms with E-state index in [4.69, 9.17) is 6.42 Å². The van der Waals surface area contributed by atoms with Gasteiger partial charge in [0.2, 0.25) is 0 Å². The van der Waals surface area contributed by atoms with Gasteiger partial charge in [-0.2, -0.15) is 0 Å². The maximum Gasteiger partial charge on any atom is 0.0459 e. The molecule has 0 aliphatic heterocycles. The van der Waals surface area contributed by atoms with Crippen molar-refractivity contribution in [2.45, 2.75) is 19.3 Å². The van der Waals surface area contributed by atoms with Crippen LogP contribution in [0.5, 0.6) is 0 Å². The molecule has 0 aromatic heterocycles. The number of hydrogen-bond donors (Lipinski definition) is 0. The highest BCUT2D eigenvalue weighted by atomic mass is 14.1. The molecule has 11 heavy (non-hydrogen) atoms. The monoisotopic (exact) mass is 143 g/mol. The molecule has 55 valence electrons. The van der Waals surface area contributed by atoms with Crippen molar-refractivity contribution in [3.05, 3.63) is 42.3 Å². The van der Waals surface area contributed by atoms with Gasteiger partial charge in [-0.1, -0.05) is 43.2 Å². The molecule has 1 unspecified atom stereocenters. The molecule has 0 amide bonds. The summed E-state index contributed by atoms with van der Waals surface area (Å²) in [6.45, 7) is 2.07. The molecule has 0 heterocycles. The summed E-state index contributed by atoms with van der Waals surface area (Å²) >= 11 is 0. The van der Waals surface area contributed by atoms with Gasteiger partial charge >= 0.3 is 0 Å². The van der Waals surface area contributed by atoms with Crippen molar-refractivity contribution in [1.82, 2.24) is 0 Å². The molecular formula is C11H11. The predicted molar refractivity (Wildman–Crippen MR) is 46.6 cm³/mol. The Labute approximate surface area is 68.3 Å². The van der Waals surface area contributed by atoms with Gasteiger partial charge in [-0.25, -0.2) is 0 Å². The number of rotatable bonds is 2. The maximum absolute atomic E-state index is 7.05. The maximum atomic E-state index is 7.05. The highest BCUT2D eigenvalue weighted by Gasteiger charge is 2.02. The Bertz CT molecular complexity index is 240. The zero-order valence-electron chi connectivity index (χ0n) is 6.67. The lowest BCUT2D eigenvalue weighted by Crippen LogP contribution is -1.91. The van der Waals surface area contributed by atoms with E-state index in [1.807, 2.05) is 30.3 Å². The molecule has 0 N–H and O–H groups in total. The molecule has 0 fully saturated rings. The second-order valence-electron chi connectivity index (χ2n) is 2.52. The van der Waals surface area contributed by atoms with Crippen LogP contribution in [0.15, 0.2) is 30.3 Å². The van der Waals surface area contributed by atoms with Crippen LogP contribution in [0, 0.1) is 12.3 Å². The predicted octanol–water partition coefficient (Wildman–Crippen LogP) is 2.77. The number of benzene rings is 1. The Hall–Kier alpha value is -1.22. The van der Waals surface area contributed by atoms with Crippen molar-refractivity contribution >= 4 is 0 Å². The zero-order chi connectivity index (χ0) is 8.10. The SMILES string of the molecule is [C]#CC(CC)c1ccccc1. The second kappa shape index (κ2) is 3.83. The van der Waals surface area contributed by atoms with Crippen molar-refractivity contribution < 1.29 is 0 Å². The van der Waals surface area contributed by atoms with E-state index in [9.17, 15) is 0 Å². The van der Waals surface area contributed by atoms with Crippen LogP contribution in [-0.2, 0) is 0 Å². The summed E-state index contributed by atoms with van der Waals surface area (Å²) in [7, 11) is 0. The summed E-state index contributed by atoms with van der Waals surface area (Å²) in [4.78, 5) is 0. The first-order chi connectivity index (χ1) is 5.38. The van der Waals surface area contributed by atoms with E-state index in [0.717, 1.165) is 6.42 Å². The van der Waals surface area contributed by atoms with E-state index < -0.39 is 0 Å². The largest absolute Gasteiger partial charge is 0.0809 e. The van der Waals surface area contributed by atoms with Crippen molar-refractivity contribution in [3.63, 3.8) is 0 Å². The summed E-state index contributed by atoms with van der Waals surface area (Å²) < 4.78 is 0. The molecule has 1 atom stereocenters. The van der Waals surface area contributed by atoms with Crippen LogP contribution < -0.4 is 0 Å². The smallest absolute Gasteiger partial charge is 0.0459 e. The normalized spacial score (nSPS) is 12.0. The molecule has 0 nitrogen and oxygen atoms in total. The van der Waals surface area contributed by atoms with Gasteiger partial charge in [-0.05, 0) is 18.4 Å². The lowest BCUT2D eigenvalue weighted by Gasteiger charge is -2.05. The van der Waals surface area contributed by atoms with Crippen molar-refractivity contribution in [2.24, 2.45) is 0 Å². The van der Waals surface area contributed by atoms with Gasteiger partial charge in [0.25, 0.3) is 0 Å². The van der Waals surface area contributed by atoms with Crippen LogP contribution in [0.3, 0.4) is 0 Å². The molecule has 0 saturated carbocycles. The average Bonchev–Trinajstić information content (AvgIpc) is 2.09. The van der Waals surface area contributed by atoms with Gasteiger partial charge in [0.1, 0.15) is 0 Å².